The molecule has 0 N–H and O–H groups in total. The van der Waals surface area contributed by atoms with Gasteiger partial charge in [0.15, 0.2) is 0 Å². The molecule has 0 spiro atoms. The molecule has 0 saturated carbocycles. The maximum absolute atomic E-state index is 2.41. The molecular formula is C31H22N2. The van der Waals surface area contributed by atoms with Gasteiger partial charge in [-0.15, -0.1) is 0 Å². The minimum atomic E-state index is 1.18. The van der Waals surface area contributed by atoms with E-state index in [0.717, 1.165) is 0 Å². The SMILES string of the molecule is Cn1c2ccccc2c2c(-c3ccccc3)c3c4ccccc4n(-c4ccccc4)c3cc21. The summed E-state index contributed by atoms with van der Waals surface area (Å²) >= 11 is 0. The molecule has 2 heterocycles. The Kier molecular flexibility index (Phi) is 3.80. The summed E-state index contributed by atoms with van der Waals surface area (Å²) in [6, 6.07) is 41.5. The van der Waals surface area contributed by atoms with Gasteiger partial charge in [-0.1, -0.05) is 84.9 Å². The van der Waals surface area contributed by atoms with Crippen LogP contribution < -0.4 is 0 Å². The standard InChI is InChI=1S/C31H22N2/c1-32-25-18-10-8-16-23(25)30-27(32)20-28-31(29(30)21-12-4-2-5-13-21)24-17-9-11-19-26(24)33(28)22-14-6-3-7-15-22/h2-20H,1H3. The van der Waals surface area contributed by atoms with Gasteiger partial charge in [0.1, 0.15) is 0 Å². The lowest BCUT2D eigenvalue weighted by Crippen LogP contribution is -1.94. The highest BCUT2D eigenvalue weighted by atomic mass is 15.0. The van der Waals surface area contributed by atoms with Gasteiger partial charge in [-0.25, -0.2) is 0 Å². The molecule has 0 aliphatic heterocycles. The quantitative estimate of drug-likeness (QED) is 0.266. The zero-order valence-corrected chi connectivity index (χ0v) is 18.4. The Labute approximate surface area is 191 Å². The Morgan fingerprint density at radius 1 is 0.485 bits per heavy atom. The molecule has 5 aromatic carbocycles. The van der Waals surface area contributed by atoms with Crippen LogP contribution in [-0.4, -0.2) is 9.13 Å². The molecule has 7 rings (SSSR count). The van der Waals surface area contributed by atoms with Gasteiger partial charge in [0.05, 0.1) is 16.6 Å². The fourth-order valence-electron chi connectivity index (χ4n) is 5.51. The van der Waals surface area contributed by atoms with Crippen molar-refractivity contribution < 1.29 is 0 Å². The summed E-state index contributed by atoms with van der Waals surface area (Å²) in [7, 11) is 2.18. The smallest absolute Gasteiger partial charge is 0.0568 e. The van der Waals surface area contributed by atoms with Crippen molar-refractivity contribution in [3.63, 3.8) is 0 Å². The summed E-state index contributed by atoms with van der Waals surface area (Å²) in [5.74, 6) is 0. The average molecular weight is 423 g/mol. The predicted octanol–water partition coefficient (Wildman–Crippen LogP) is 8.10. The second-order valence-electron chi connectivity index (χ2n) is 8.67. The topological polar surface area (TPSA) is 9.86 Å². The van der Waals surface area contributed by atoms with Gasteiger partial charge in [0.25, 0.3) is 0 Å². The third kappa shape index (κ3) is 2.49. The van der Waals surface area contributed by atoms with Crippen molar-refractivity contribution >= 4 is 43.6 Å². The van der Waals surface area contributed by atoms with Crippen LogP contribution in [0.1, 0.15) is 0 Å². The van der Waals surface area contributed by atoms with E-state index in [4.69, 9.17) is 0 Å². The summed E-state index contributed by atoms with van der Waals surface area (Å²) in [6.45, 7) is 0. The van der Waals surface area contributed by atoms with Crippen LogP contribution in [-0.2, 0) is 7.05 Å². The normalized spacial score (nSPS) is 11.8. The van der Waals surface area contributed by atoms with E-state index >= 15 is 0 Å². The minimum Gasteiger partial charge on any atom is -0.344 e. The van der Waals surface area contributed by atoms with Crippen molar-refractivity contribution in [1.29, 1.82) is 0 Å². The first-order valence-electron chi connectivity index (χ1n) is 11.4. The first kappa shape index (κ1) is 18.3. The summed E-state index contributed by atoms with van der Waals surface area (Å²) in [5.41, 5.74) is 8.72. The highest BCUT2D eigenvalue weighted by Gasteiger charge is 2.22. The summed E-state index contributed by atoms with van der Waals surface area (Å²) in [4.78, 5) is 0. The van der Waals surface area contributed by atoms with Gasteiger partial charge >= 0.3 is 0 Å². The molecule has 0 atom stereocenters. The molecule has 2 nitrogen and oxygen atoms in total. The zero-order valence-electron chi connectivity index (χ0n) is 18.4. The van der Waals surface area contributed by atoms with E-state index in [0.29, 0.717) is 0 Å². The highest BCUT2D eigenvalue weighted by Crippen LogP contribution is 2.45. The van der Waals surface area contributed by atoms with E-state index in [9.17, 15) is 0 Å². The van der Waals surface area contributed by atoms with E-state index in [-0.39, 0.29) is 0 Å². The van der Waals surface area contributed by atoms with Crippen LogP contribution >= 0.6 is 0 Å². The number of fused-ring (bicyclic) bond motifs is 6. The van der Waals surface area contributed by atoms with E-state index in [1.165, 1.54) is 60.4 Å². The molecule has 0 aliphatic rings. The van der Waals surface area contributed by atoms with Gasteiger partial charge in [-0.3, -0.25) is 0 Å². The number of nitrogens with zero attached hydrogens (tertiary/aromatic N) is 2. The Bertz CT molecular complexity index is 1800. The molecule has 2 heteroatoms. The van der Waals surface area contributed by atoms with Crippen LogP contribution in [0.5, 0.6) is 0 Å². The summed E-state index contributed by atoms with van der Waals surface area (Å²) < 4.78 is 4.75. The largest absolute Gasteiger partial charge is 0.344 e. The first-order chi connectivity index (χ1) is 16.3. The zero-order chi connectivity index (χ0) is 21.9. The van der Waals surface area contributed by atoms with E-state index in [2.05, 4.69) is 131 Å². The fraction of sp³-hybridized carbons (Fsp3) is 0.0323. The van der Waals surface area contributed by atoms with Gasteiger partial charge in [-0.2, -0.15) is 0 Å². The van der Waals surface area contributed by atoms with E-state index in [1.807, 2.05) is 0 Å². The predicted molar refractivity (Wildman–Crippen MR) is 140 cm³/mol. The van der Waals surface area contributed by atoms with Gasteiger partial charge in [0.2, 0.25) is 0 Å². The van der Waals surface area contributed by atoms with Crippen molar-refractivity contribution in [1.82, 2.24) is 9.13 Å². The van der Waals surface area contributed by atoms with Crippen molar-refractivity contribution in [3.8, 4) is 16.8 Å². The highest BCUT2D eigenvalue weighted by molar-refractivity contribution is 6.27. The Hall–Kier alpha value is -4.30. The van der Waals surface area contributed by atoms with Crippen molar-refractivity contribution in [3.05, 3.63) is 115 Å². The molecule has 0 saturated heterocycles. The molecular weight excluding hydrogens is 400 g/mol. The van der Waals surface area contributed by atoms with Crippen LogP contribution in [0.25, 0.3) is 60.4 Å². The lowest BCUT2D eigenvalue weighted by molar-refractivity contribution is 1.01. The number of hydrogen-bond donors (Lipinski definition) is 0. The number of aromatic nitrogens is 2. The molecule has 156 valence electrons. The Morgan fingerprint density at radius 2 is 1.03 bits per heavy atom. The maximum atomic E-state index is 2.41. The molecule has 0 bridgehead atoms. The fourth-order valence-corrected chi connectivity index (χ4v) is 5.51. The molecule has 0 unspecified atom stereocenters. The molecule has 7 aromatic rings. The van der Waals surface area contributed by atoms with Crippen molar-refractivity contribution in [2.75, 3.05) is 0 Å². The maximum Gasteiger partial charge on any atom is 0.0568 e. The van der Waals surface area contributed by atoms with Gasteiger partial charge in [0, 0.05) is 45.4 Å². The van der Waals surface area contributed by atoms with Gasteiger partial charge < -0.3 is 9.13 Å². The molecule has 0 aliphatic carbocycles. The van der Waals surface area contributed by atoms with Crippen LogP contribution in [0.15, 0.2) is 115 Å². The second-order valence-corrected chi connectivity index (χ2v) is 8.67. The average Bonchev–Trinajstić information content (AvgIpc) is 3.36. The number of para-hydroxylation sites is 3. The molecule has 0 amide bonds. The second kappa shape index (κ2) is 6.85. The number of hydrogen-bond acceptors (Lipinski definition) is 0. The summed E-state index contributed by atoms with van der Waals surface area (Å²) in [6.07, 6.45) is 0. The van der Waals surface area contributed by atoms with E-state index in [1.54, 1.807) is 0 Å². The first-order valence-corrected chi connectivity index (χ1v) is 11.4. The Balaban J connectivity index is 1.82. The molecule has 0 fully saturated rings. The monoisotopic (exact) mass is 422 g/mol. The van der Waals surface area contributed by atoms with Crippen LogP contribution in [0, 0.1) is 0 Å². The molecule has 33 heavy (non-hydrogen) atoms. The van der Waals surface area contributed by atoms with Crippen molar-refractivity contribution in [2.45, 2.75) is 0 Å². The third-order valence-electron chi connectivity index (χ3n) is 6.91. The number of aryl methyl sites for hydroxylation is 1. The number of rotatable bonds is 2. The molecule has 0 radical (unpaired) electrons. The van der Waals surface area contributed by atoms with Crippen LogP contribution in [0.3, 0.4) is 0 Å². The minimum absolute atomic E-state index is 1.18. The summed E-state index contributed by atoms with van der Waals surface area (Å²) in [5, 5.41) is 5.21. The van der Waals surface area contributed by atoms with Gasteiger partial charge in [-0.05, 0) is 35.9 Å². The lowest BCUT2D eigenvalue weighted by atomic mass is 9.94. The molecule has 2 aromatic heterocycles. The van der Waals surface area contributed by atoms with Crippen molar-refractivity contribution in [2.24, 2.45) is 7.05 Å². The van der Waals surface area contributed by atoms with Crippen LogP contribution in [0.2, 0.25) is 0 Å². The lowest BCUT2D eigenvalue weighted by Gasteiger charge is -2.11. The van der Waals surface area contributed by atoms with E-state index < -0.39 is 0 Å². The van der Waals surface area contributed by atoms with Crippen LogP contribution in [0.4, 0.5) is 0 Å². The number of benzene rings is 5. The third-order valence-corrected chi connectivity index (χ3v) is 6.91. The Morgan fingerprint density at radius 3 is 1.76 bits per heavy atom.